The summed E-state index contributed by atoms with van der Waals surface area (Å²) in [7, 11) is 0. The number of hydrogen-bond acceptors (Lipinski definition) is 6. The highest BCUT2D eigenvalue weighted by molar-refractivity contribution is 7.13. The van der Waals surface area contributed by atoms with E-state index in [0.29, 0.717) is 0 Å². The van der Waals surface area contributed by atoms with Crippen molar-refractivity contribution in [2.24, 2.45) is 5.92 Å². The highest BCUT2D eigenvalue weighted by Gasteiger charge is 2.20. The molecule has 3 aromatic rings. The normalized spacial score (nSPS) is 15.5. The highest BCUT2D eigenvalue weighted by atomic mass is 32.1. The molecule has 1 fully saturated rings. The largest absolute Gasteiger partial charge is 0.494 e. The molecule has 1 aromatic carbocycles. The van der Waals surface area contributed by atoms with E-state index in [1.807, 2.05) is 13.0 Å². The number of rotatable bonds is 8. The molecule has 0 aliphatic carbocycles. The third kappa shape index (κ3) is 5.61. The van der Waals surface area contributed by atoms with Crippen molar-refractivity contribution in [2.45, 2.75) is 39.2 Å². The zero-order valence-electron chi connectivity index (χ0n) is 17.0. The molecule has 0 unspecified atom stereocenters. The van der Waals surface area contributed by atoms with E-state index >= 15 is 0 Å². The molecule has 0 saturated carbocycles. The molecule has 1 saturated heterocycles. The average molecular weight is 409 g/mol. The highest BCUT2D eigenvalue weighted by Crippen LogP contribution is 2.25. The van der Waals surface area contributed by atoms with E-state index in [0.717, 1.165) is 60.9 Å². The molecule has 0 radical (unpaired) electrons. The van der Waals surface area contributed by atoms with Crippen molar-refractivity contribution >= 4 is 11.3 Å². The predicted molar refractivity (Wildman–Crippen MR) is 117 cm³/mol. The molecule has 2 aromatic heterocycles. The number of hydrogen-bond donors (Lipinski definition) is 0. The second-order valence-corrected chi connectivity index (χ2v) is 8.41. The van der Waals surface area contributed by atoms with Gasteiger partial charge in [0.1, 0.15) is 5.75 Å². The summed E-state index contributed by atoms with van der Waals surface area (Å²) in [6.07, 6.45) is 8.51. The molecule has 1 aliphatic heterocycles. The monoisotopic (exact) mass is 408 g/mol. The first-order valence-electron chi connectivity index (χ1n) is 10.5. The lowest BCUT2D eigenvalue weighted by Gasteiger charge is -2.31. The first-order valence-corrected chi connectivity index (χ1v) is 11.3. The summed E-state index contributed by atoms with van der Waals surface area (Å²) in [4.78, 5) is 15.8. The minimum absolute atomic E-state index is 0.719. The van der Waals surface area contributed by atoms with Crippen LogP contribution in [-0.4, -0.2) is 39.5 Å². The molecule has 0 amide bonds. The van der Waals surface area contributed by atoms with Crippen LogP contribution in [0, 0.1) is 5.92 Å². The molecule has 152 valence electrons. The van der Waals surface area contributed by atoms with Crippen molar-refractivity contribution in [3.63, 3.8) is 0 Å². The van der Waals surface area contributed by atoms with Gasteiger partial charge in [-0.25, -0.2) is 15.0 Å². The molecule has 0 spiro atoms. The summed E-state index contributed by atoms with van der Waals surface area (Å²) in [6.45, 7) is 5.98. The number of thiazole rings is 1. The molecule has 3 heterocycles. The maximum Gasteiger partial charge on any atom is 0.188 e. The Morgan fingerprint density at radius 1 is 1.10 bits per heavy atom. The van der Waals surface area contributed by atoms with Crippen molar-refractivity contribution in [3.05, 3.63) is 59.4 Å². The van der Waals surface area contributed by atoms with Crippen LogP contribution >= 0.6 is 11.3 Å². The van der Waals surface area contributed by atoms with Crippen LogP contribution in [0.1, 0.15) is 37.4 Å². The van der Waals surface area contributed by atoms with E-state index < -0.39 is 0 Å². The standard InChI is InChI=1S/C23H28N4OS/c1-2-28-21-8-6-18(7-9-21)4-5-19-10-14-27(15-11-19)16-20-17-29-23(26-20)22-24-12-3-13-25-22/h3,6-9,12-13,17,19H,2,4-5,10-11,14-16H2,1H3. The van der Waals surface area contributed by atoms with Gasteiger partial charge in [0.05, 0.1) is 12.3 Å². The lowest BCUT2D eigenvalue weighted by molar-refractivity contribution is 0.171. The van der Waals surface area contributed by atoms with Gasteiger partial charge in [-0.05, 0) is 75.4 Å². The van der Waals surface area contributed by atoms with Gasteiger partial charge in [-0.1, -0.05) is 12.1 Å². The van der Waals surface area contributed by atoms with Gasteiger partial charge in [0.15, 0.2) is 10.8 Å². The molecule has 29 heavy (non-hydrogen) atoms. The zero-order chi connectivity index (χ0) is 19.9. The third-order valence-corrected chi connectivity index (χ3v) is 6.36. The number of piperidine rings is 1. The Hall–Kier alpha value is -2.31. The van der Waals surface area contributed by atoms with Gasteiger partial charge in [-0.15, -0.1) is 11.3 Å². The van der Waals surface area contributed by atoms with Crippen molar-refractivity contribution in [1.29, 1.82) is 0 Å². The maximum absolute atomic E-state index is 5.53. The Morgan fingerprint density at radius 2 is 1.86 bits per heavy atom. The minimum atomic E-state index is 0.719. The van der Waals surface area contributed by atoms with Crippen LogP contribution in [0.4, 0.5) is 0 Å². The van der Waals surface area contributed by atoms with Crippen LogP contribution in [0.2, 0.25) is 0 Å². The van der Waals surface area contributed by atoms with Gasteiger partial charge >= 0.3 is 0 Å². The van der Waals surface area contributed by atoms with Crippen molar-refractivity contribution in [1.82, 2.24) is 19.9 Å². The molecule has 0 atom stereocenters. The van der Waals surface area contributed by atoms with Crippen LogP contribution in [0.3, 0.4) is 0 Å². The number of benzene rings is 1. The lowest BCUT2D eigenvalue weighted by Crippen LogP contribution is -2.33. The Morgan fingerprint density at radius 3 is 2.59 bits per heavy atom. The van der Waals surface area contributed by atoms with E-state index in [9.17, 15) is 0 Å². The van der Waals surface area contributed by atoms with E-state index in [-0.39, 0.29) is 0 Å². The van der Waals surface area contributed by atoms with Crippen LogP contribution in [0.5, 0.6) is 5.75 Å². The summed E-state index contributed by atoms with van der Waals surface area (Å²) in [5, 5.41) is 3.05. The number of aryl methyl sites for hydroxylation is 1. The van der Waals surface area contributed by atoms with Gasteiger partial charge in [-0.3, -0.25) is 4.90 Å². The number of nitrogens with zero attached hydrogens (tertiary/aromatic N) is 4. The fourth-order valence-electron chi connectivity index (χ4n) is 3.84. The second kappa shape index (κ2) is 9.94. The fourth-order valence-corrected chi connectivity index (χ4v) is 4.60. The topological polar surface area (TPSA) is 51.1 Å². The first kappa shape index (κ1) is 20.0. The van der Waals surface area contributed by atoms with Gasteiger partial charge < -0.3 is 4.74 Å². The summed E-state index contributed by atoms with van der Waals surface area (Å²) in [6, 6.07) is 10.4. The summed E-state index contributed by atoms with van der Waals surface area (Å²) >= 11 is 1.63. The van der Waals surface area contributed by atoms with Gasteiger partial charge in [0.2, 0.25) is 0 Å². The Labute approximate surface area is 176 Å². The molecular formula is C23H28N4OS. The number of aromatic nitrogens is 3. The SMILES string of the molecule is CCOc1ccc(CCC2CCN(Cc3csc(-c4ncccn4)n3)CC2)cc1. The average Bonchev–Trinajstić information content (AvgIpc) is 3.24. The van der Waals surface area contributed by atoms with E-state index in [1.54, 1.807) is 23.7 Å². The molecular weight excluding hydrogens is 380 g/mol. The number of likely N-dealkylation sites (tertiary alicyclic amines) is 1. The fraction of sp³-hybridized carbons (Fsp3) is 0.435. The summed E-state index contributed by atoms with van der Waals surface area (Å²) in [5.41, 5.74) is 2.54. The third-order valence-electron chi connectivity index (χ3n) is 5.48. The predicted octanol–water partition coefficient (Wildman–Crippen LogP) is 4.84. The van der Waals surface area contributed by atoms with Crippen LogP contribution < -0.4 is 4.74 Å². The Kier molecular flexibility index (Phi) is 6.85. The molecule has 5 nitrogen and oxygen atoms in total. The molecule has 4 rings (SSSR count). The first-order chi connectivity index (χ1) is 14.3. The Bertz CT molecular complexity index is 873. The van der Waals surface area contributed by atoms with Crippen LogP contribution in [0.15, 0.2) is 48.1 Å². The summed E-state index contributed by atoms with van der Waals surface area (Å²) < 4.78 is 5.53. The van der Waals surface area contributed by atoms with E-state index in [1.165, 1.54) is 24.8 Å². The molecule has 0 bridgehead atoms. The molecule has 1 aliphatic rings. The minimum Gasteiger partial charge on any atom is -0.494 e. The Balaban J connectivity index is 1.21. The molecule has 0 N–H and O–H groups in total. The lowest BCUT2D eigenvalue weighted by atomic mass is 9.90. The van der Waals surface area contributed by atoms with Gasteiger partial charge in [0.25, 0.3) is 0 Å². The van der Waals surface area contributed by atoms with Crippen molar-refractivity contribution in [3.8, 4) is 16.6 Å². The second-order valence-electron chi connectivity index (χ2n) is 7.55. The molecule has 6 heteroatoms. The maximum atomic E-state index is 5.53. The van der Waals surface area contributed by atoms with Crippen LogP contribution in [-0.2, 0) is 13.0 Å². The van der Waals surface area contributed by atoms with Crippen LogP contribution in [0.25, 0.3) is 10.8 Å². The van der Waals surface area contributed by atoms with Gasteiger partial charge in [0, 0.05) is 24.3 Å². The van der Waals surface area contributed by atoms with Crippen molar-refractivity contribution in [2.75, 3.05) is 19.7 Å². The zero-order valence-corrected chi connectivity index (χ0v) is 17.8. The van der Waals surface area contributed by atoms with E-state index in [4.69, 9.17) is 9.72 Å². The number of ether oxygens (including phenoxy) is 1. The van der Waals surface area contributed by atoms with Gasteiger partial charge in [-0.2, -0.15) is 0 Å². The van der Waals surface area contributed by atoms with E-state index in [2.05, 4.69) is 44.5 Å². The summed E-state index contributed by atoms with van der Waals surface area (Å²) in [5.74, 6) is 2.51. The smallest absolute Gasteiger partial charge is 0.188 e. The van der Waals surface area contributed by atoms with Crippen molar-refractivity contribution < 1.29 is 4.74 Å². The quantitative estimate of drug-likeness (QED) is 0.534.